The zero-order valence-electron chi connectivity index (χ0n) is 13.1. The number of hydrogen-bond donors (Lipinski definition) is 2. The average molecular weight is 336 g/mol. The van der Waals surface area contributed by atoms with Crippen LogP contribution in [-0.4, -0.2) is 36.7 Å². The molecule has 1 aromatic heterocycles. The van der Waals surface area contributed by atoms with Gasteiger partial charge in [0.25, 0.3) is 0 Å². The summed E-state index contributed by atoms with van der Waals surface area (Å²) in [6, 6.07) is 7.79. The van der Waals surface area contributed by atoms with Crippen LogP contribution < -0.4 is 10.0 Å². The van der Waals surface area contributed by atoms with Crippen LogP contribution in [0.1, 0.15) is 17.8 Å². The van der Waals surface area contributed by atoms with Crippen LogP contribution in [0.2, 0.25) is 0 Å². The molecule has 2 N–H and O–H groups in total. The minimum Gasteiger partial charge on any atom is -0.352 e. The zero-order valence-corrected chi connectivity index (χ0v) is 13.9. The molecule has 0 aliphatic carbocycles. The standard InChI is InChI=1S/C15H20N4O3S/c1-12-16-9-10-19(12)14-5-3-13(4-6-14)11-17-15(20)7-8-18-23(2,21)22/h3-6,9-10,18H,7-8,11H2,1-2H3,(H,17,20). The Labute approximate surface area is 135 Å². The van der Waals surface area contributed by atoms with Crippen molar-refractivity contribution in [2.24, 2.45) is 0 Å². The number of sulfonamides is 1. The van der Waals surface area contributed by atoms with Crippen LogP contribution in [0.5, 0.6) is 0 Å². The van der Waals surface area contributed by atoms with Crippen molar-refractivity contribution in [1.29, 1.82) is 0 Å². The van der Waals surface area contributed by atoms with Gasteiger partial charge in [0, 0.05) is 37.6 Å². The third-order valence-electron chi connectivity index (χ3n) is 3.25. The Morgan fingerprint density at radius 2 is 1.96 bits per heavy atom. The molecular weight excluding hydrogens is 316 g/mol. The van der Waals surface area contributed by atoms with Gasteiger partial charge in [-0.15, -0.1) is 0 Å². The number of carbonyl (C=O) groups is 1. The summed E-state index contributed by atoms with van der Waals surface area (Å²) in [5.74, 6) is 0.708. The molecule has 8 heteroatoms. The summed E-state index contributed by atoms with van der Waals surface area (Å²) in [6.45, 7) is 2.43. The van der Waals surface area contributed by atoms with Gasteiger partial charge in [-0.1, -0.05) is 12.1 Å². The van der Waals surface area contributed by atoms with Crippen LogP contribution in [-0.2, 0) is 21.4 Å². The first-order chi connectivity index (χ1) is 10.8. The maximum Gasteiger partial charge on any atom is 0.221 e. The number of nitrogens with zero attached hydrogens (tertiary/aromatic N) is 2. The third-order valence-corrected chi connectivity index (χ3v) is 3.97. The number of aryl methyl sites for hydroxylation is 1. The molecule has 1 aromatic carbocycles. The molecular formula is C15H20N4O3S. The summed E-state index contributed by atoms with van der Waals surface area (Å²) in [6.07, 6.45) is 4.81. The summed E-state index contributed by atoms with van der Waals surface area (Å²) in [5, 5.41) is 2.76. The number of imidazole rings is 1. The normalized spacial score (nSPS) is 11.4. The van der Waals surface area contributed by atoms with Gasteiger partial charge in [0.05, 0.1) is 6.26 Å². The Balaban J connectivity index is 1.82. The van der Waals surface area contributed by atoms with Crippen molar-refractivity contribution >= 4 is 15.9 Å². The molecule has 23 heavy (non-hydrogen) atoms. The number of rotatable bonds is 7. The fourth-order valence-electron chi connectivity index (χ4n) is 2.06. The molecule has 0 spiro atoms. The number of nitrogens with one attached hydrogen (secondary N) is 2. The molecule has 0 aliphatic rings. The minimum absolute atomic E-state index is 0.101. The number of amides is 1. The number of hydrogen-bond acceptors (Lipinski definition) is 4. The summed E-state index contributed by atoms with van der Waals surface area (Å²) in [4.78, 5) is 15.8. The molecule has 0 atom stereocenters. The molecule has 124 valence electrons. The van der Waals surface area contributed by atoms with Crippen LogP contribution in [0, 0.1) is 6.92 Å². The van der Waals surface area contributed by atoms with Crippen LogP contribution in [0.15, 0.2) is 36.7 Å². The van der Waals surface area contributed by atoms with Crippen LogP contribution in [0.25, 0.3) is 5.69 Å². The third kappa shape index (κ3) is 5.50. The van der Waals surface area contributed by atoms with Crippen LogP contribution in [0.3, 0.4) is 0 Å². The fraction of sp³-hybridized carbons (Fsp3) is 0.333. The quantitative estimate of drug-likeness (QED) is 0.780. The predicted molar refractivity (Wildman–Crippen MR) is 87.6 cm³/mol. The van der Waals surface area contributed by atoms with Gasteiger partial charge in [-0.25, -0.2) is 18.1 Å². The van der Waals surface area contributed by atoms with E-state index in [0.717, 1.165) is 23.3 Å². The summed E-state index contributed by atoms with van der Waals surface area (Å²) in [5.41, 5.74) is 1.98. The molecule has 1 amide bonds. The van der Waals surface area contributed by atoms with Crippen molar-refractivity contribution in [1.82, 2.24) is 19.6 Å². The average Bonchev–Trinajstić information content (AvgIpc) is 2.90. The molecule has 0 unspecified atom stereocenters. The van der Waals surface area contributed by atoms with Gasteiger partial charge in [0.15, 0.2) is 0 Å². The maximum absolute atomic E-state index is 11.6. The van der Waals surface area contributed by atoms with E-state index < -0.39 is 10.0 Å². The molecule has 0 fully saturated rings. The lowest BCUT2D eigenvalue weighted by Crippen LogP contribution is -2.29. The second-order valence-electron chi connectivity index (χ2n) is 5.20. The molecule has 2 aromatic rings. The highest BCUT2D eigenvalue weighted by molar-refractivity contribution is 7.88. The maximum atomic E-state index is 11.6. The number of benzene rings is 1. The lowest BCUT2D eigenvalue weighted by molar-refractivity contribution is -0.121. The van der Waals surface area contributed by atoms with Crippen molar-refractivity contribution < 1.29 is 13.2 Å². The summed E-state index contributed by atoms with van der Waals surface area (Å²) >= 11 is 0. The highest BCUT2D eigenvalue weighted by Gasteiger charge is 2.05. The SMILES string of the molecule is Cc1nccn1-c1ccc(CNC(=O)CCNS(C)(=O)=O)cc1. The van der Waals surface area contributed by atoms with Gasteiger partial charge in [0.2, 0.25) is 15.9 Å². The highest BCUT2D eigenvalue weighted by Crippen LogP contribution is 2.11. The Kier molecular flexibility index (Phi) is 5.51. The van der Waals surface area contributed by atoms with Gasteiger partial charge in [-0.05, 0) is 24.6 Å². The molecule has 1 heterocycles. The highest BCUT2D eigenvalue weighted by atomic mass is 32.2. The van der Waals surface area contributed by atoms with Crippen molar-refractivity contribution in [3.05, 3.63) is 48.0 Å². The summed E-state index contributed by atoms with van der Waals surface area (Å²) < 4.78 is 26.0. The van der Waals surface area contributed by atoms with E-state index in [9.17, 15) is 13.2 Å². The number of aromatic nitrogens is 2. The Morgan fingerprint density at radius 1 is 1.26 bits per heavy atom. The van der Waals surface area contributed by atoms with Crippen LogP contribution in [0.4, 0.5) is 0 Å². The van der Waals surface area contributed by atoms with Crippen molar-refractivity contribution in [3.63, 3.8) is 0 Å². The minimum atomic E-state index is -3.25. The molecule has 0 saturated carbocycles. The van der Waals surface area contributed by atoms with E-state index in [1.165, 1.54) is 0 Å². The monoisotopic (exact) mass is 336 g/mol. The van der Waals surface area contributed by atoms with Crippen molar-refractivity contribution in [3.8, 4) is 5.69 Å². The zero-order chi connectivity index (χ0) is 16.9. The Hall–Kier alpha value is -2.19. The van der Waals surface area contributed by atoms with Gasteiger partial charge < -0.3 is 9.88 Å². The molecule has 2 rings (SSSR count). The Morgan fingerprint density at radius 3 is 2.52 bits per heavy atom. The van der Waals surface area contributed by atoms with Gasteiger partial charge in [0.1, 0.15) is 5.82 Å². The van der Waals surface area contributed by atoms with Crippen LogP contribution >= 0.6 is 0 Å². The smallest absolute Gasteiger partial charge is 0.221 e. The first kappa shape index (κ1) is 17.2. The van der Waals surface area contributed by atoms with E-state index in [2.05, 4.69) is 15.0 Å². The largest absolute Gasteiger partial charge is 0.352 e. The van der Waals surface area contributed by atoms with E-state index in [1.54, 1.807) is 6.20 Å². The first-order valence-electron chi connectivity index (χ1n) is 7.16. The van der Waals surface area contributed by atoms with Crippen molar-refractivity contribution in [2.45, 2.75) is 19.9 Å². The number of carbonyl (C=O) groups excluding carboxylic acids is 1. The van der Waals surface area contributed by atoms with Gasteiger partial charge in [-0.3, -0.25) is 4.79 Å². The molecule has 0 saturated heterocycles. The van der Waals surface area contributed by atoms with E-state index in [-0.39, 0.29) is 18.9 Å². The predicted octanol–water partition coefficient (Wildman–Crippen LogP) is 0.736. The second kappa shape index (κ2) is 7.38. The first-order valence-corrected chi connectivity index (χ1v) is 9.05. The molecule has 0 aliphatic heterocycles. The van der Waals surface area contributed by atoms with E-state index in [4.69, 9.17) is 0 Å². The molecule has 0 bridgehead atoms. The van der Waals surface area contributed by atoms with Gasteiger partial charge in [-0.2, -0.15) is 0 Å². The van der Waals surface area contributed by atoms with E-state index >= 15 is 0 Å². The Bertz CT molecular complexity index is 766. The fourth-order valence-corrected chi connectivity index (χ4v) is 2.54. The van der Waals surface area contributed by atoms with E-state index in [0.29, 0.717) is 6.54 Å². The lowest BCUT2D eigenvalue weighted by Gasteiger charge is -2.08. The lowest BCUT2D eigenvalue weighted by atomic mass is 10.2. The topological polar surface area (TPSA) is 93.1 Å². The second-order valence-corrected chi connectivity index (χ2v) is 7.04. The van der Waals surface area contributed by atoms with Crippen molar-refractivity contribution in [2.75, 3.05) is 12.8 Å². The summed E-state index contributed by atoms with van der Waals surface area (Å²) in [7, 11) is -3.25. The van der Waals surface area contributed by atoms with Gasteiger partial charge >= 0.3 is 0 Å². The molecule has 0 radical (unpaired) electrons. The van der Waals surface area contributed by atoms with E-state index in [1.807, 2.05) is 42.0 Å². The molecule has 7 nitrogen and oxygen atoms in total.